The van der Waals surface area contributed by atoms with Gasteiger partial charge in [-0.2, -0.15) is 13.7 Å². The number of nitrogens with zero attached hydrogens (tertiary/aromatic N) is 2. The lowest BCUT2D eigenvalue weighted by Gasteiger charge is -2.03. The zero-order chi connectivity index (χ0) is 17.8. The lowest BCUT2D eigenvalue weighted by atomic mass is 10.3. The van der Waals surface area contributed by atoms with E-state index in [1.54, 1.807) is 30.3 Å². The average Bonchev–Trinajstić information content (AvgIpc) is 2.60. The SMILES string of the molecule is CC#N.COc1ccc(S(=O)(=O)ON=COc2ccccc2)cc1. The fraction of sp³-hybridized carbons (Fsp3) is 0.125. The zero-order valence-electron chi connectivity index (χ0n) is 13.1. The van der Waals surface area contributed by atoms with Gasteiger partial charge in [0.05, 0.1) is 13.2 Å². The molecule has 0 fully saturated rings. The topological polar surface area (TPSA) is 98.0 Å². The molecule has 126 valence electrons. The molecule has 2 aromatic rings. The Balaban J connectivity index is 0.000000891. The third-order valence-corrected chi connectivity index (χ3v) is 3.60. The van der Waals surface area contributed by atoms with Crippen molar-refractivity contribution in [3.63, 3.8) is 0 Å². The van der Waals surface area contributed by atoms with E-state index in [0.717, 1.165) is 6.40 Å². The Morgan fingerprint density at radius 1 is 1.04 bits per heavy atom. The largest absolute Gasteiger partial charge is 0.497 e. The highest BCUT2D eigenvalue weighted by Crippen LogP contribution is 2.17. The van der Waals surface area contributed by atoms with Crippen LogP contribution >= 0.6 is 0 Å². The summed E-state index contributed by atoms with van der Waals surface area (Å²) in [6.45, 7) is 1.43. The van der Waals surface area contributed by atoms with Crippen molar-refractivity contribution in [1.82, 2.24) is 0 Å². The molecule has 24 heavy (non-hydrogen) atoms. The summed E-state index contributed by atoms with van der Waals surface area (Å²) in [6, 6.07) is 16.3. The van der Waals surface area contributed by atoms with E-state index in [-0.39, 0.29) is 4.90 Å². The minimum atomic E-state index is -3.97. The minimum Gasteiger partial charge on any atom is -0.497 e. The van der Waals surface area contributed by atoms with Crippen molar-refractivity contribution in [3.05, 3.63) is 54.6 Å². The Bertz CT molecular complexity index is 781. The molecule has 0 bridgehead atoms. The van der Waals surface area contributed by atoms with E-state index in [0.29, 0.717) is 11.5 Å². The maximum Gasteiger partial charge on any atom is 0.358 e. The first-order valence-electron chi connectivity index (χ1n) is 6.65. The summed E-state index contributed by atoms with van der Waals surface area (Å²) in [7, 11) is -2.48. The molecule has 0 spiro atoms. The Morgan fingerprint density at radius 2 is 1.62 bits per heavy atom. The molecule has 0 amide bonds. The number of rotatable bonds is 6. The van der Waals surface area contributed by atoms with Gasteiger partial charge in [0.15, 0.2) is 0 Å². The predicted octanol–water partition coefficient (Wildman–Crippen LogP) is 2.95. The van der Waals surface area contributed by atoms with E-state index in [1.165, 1.54) is 38.3 Å². The van der Waals surface area contributed by atoms with Gasteiger partial charge in [-0.1, -0.05) is 18.2 Å². The molecule has 2 rings (SSSR count). The van der Waals surface area contributed by atoms with Gasteiger partial charge < -0.3 is 9.47 Å². The average molecular weight is 348 g/mol. The van der Waals surface area contributed by atoms with Crippen LogP contribution in [0.1, 0.15) is 6.92 Å². The Hall–Kier alpha value is -3.05. The second-order valence-corrected chi connectivity index (χ2v) is 5.60. The van der Waals surface area contributed by atoms with E-state index in [4.69, 9.17) is 14.7 Å². The Labute approximate surface area is 140 Å². The quantitative estimate of drug-likeness (QED) is 0.452. The van der Waals surface area contributed by atoms with Crippen molar-refractivity contribution in [3.8, 4) is 17.6 Å². The highest BCUT2D eigenvalue weighted by molar-refractivity contribution is 7.86. The summed E-state index contributed by atoms with van der Waals surface area (Å²) in [5.41, 5.74) is 0. The summed E-state index contributed by atoms with van der Waals surface area (Å²) in [5, 5.41) is 10.6. The van der Waals surface area contributed by atoms with Gasteiger partial charge in [0.25, 0.3) is 0 Å². The van der Waals surface area contributed by atoms with Crippen molar-refractivity contribution < 1.29 is 22.2 Å². The molecule has 0 radical (unpaired) electrons. The van der Waals surface area contributed by atoms with Crippen LogP contribution in [0.15, 0.2) is 64.6 Å². The third kappa shape index (κ3) is 6.37. The molecule has 0 aliphatic carbocycles. The van der Waals surface area contributed by atoms with Gasteiger partial charge in [-0.15, -0.1) is 0 Å². The van der Waals surface area contributed by atoms with Crippen molar-refractivity contribution in [2.24, 2.45) is 5.16 Å². The van der Waals surface area contributed by atoms with Gasteiger partial charge in [0, 0.05) is 6.92 Å². The van der Waals surface area contributed by atoms with Crippen molar-refractivity contribution in [1.29, 1.82) is 5.26 Å². The smallest absolute Gasteiger partial charge is 0.358 e. The zero-order valence-corrected chi connectivity index (χ0v) is 13.9. The van der Waals surface area contributed by atoms with Crippen LogP contribution in [0, 0.1) is 11.3 Å². The molecule has 0 saturated heterocycles. The minimum absolute atomic E-state index is 0.0276. The van der Waals surface area contributed by atoms with Crippen molar-refractivity contribution in [2.45, 2.75) is 11.8 Å². The number of ether oxygens (including phenoxy) is 2. The number of para-hydroxylation sites is 1. The summed E-state index contributed by atoms with van der Waals surface area (Å²) >= 11 is 0. The van der Waals surface area contributed by atoms with E-state index in [1.807, 2.05) is 6.07 Å². The molecular formula is C16H16N2O5S. The lowest BCUT2D eigenvalue weighted by molar-refractivity contribution is 0.330. The second-order valence-electron chi connectivity index (χ2n) is 4.07. The predicted molar refractivity (Wildman–Crippen MR) is 88.1 cm³/mol. The first-order chi connectivity index (χ1) is 11.5. The number of methoxy groups -OCH3 is 1. The van der Waals surface area contributed by atoms with Gasteiger partial charge in [0.2, 0.25) is 6.40 Å². The van der Waals surface area contributed by atoms with Crippen LogP contribution in [0.3, 0.4) is 0 Å². The molecular weight excluding hydrogens is 332 g/mol. The maximum absolute atomic E-state index is 11.8. The molecule has 0 atom stereocenters. The van der Waals surface area contributed by atoms with Crippen LogP contribution in [-0.2, 0) is 14.4 Å². The van der Waals surface area contributed by atoms with E-state index in [2.05, 4.69) is 9.44 Å². The van der Waals surface area contributed by atoms with Crippen LogP contribution in [0.2, 0.25) is 0 Å². The Morgan fingerprint density at radius 3 is 2.17 bits per heavy atom. The molecule has 7 nitrogen and oxygen atoms in total. The van der Waals surface area contributed by atoms with Gasteiger partial charge in [-0.3, -0.25) is 4.28 Å². The number of nitriles is 1. The fourth-order valence-electron chi connectivity index (χ4n) is 1.44. The summed E-state index contributed by atoms with van der Waals surface area (Å²) in [4.78, 5) is -0.0276. The molecule has 0 heterocycles. The van der Waals surface area contributed by atoms with Crippen LogP contribution in [-0.4, -0.2) is 21.9 Å². The van der Waals surface area contributed by atoms with Crippen LogP contribution < -0.4 is 9.47 Å². The number of benzene rings is 2. The first-order valence-corrected chi connectivity index (χ1v) is 8.06. The maximum atomic E-state index is 11.8. The van der Waals surface area contributed by atoms with Crippen LogP contribution in [0.25, 0.3) is 0 Å². The molecule has 8 heteroatoms. The molecule has 0 aliphatic rings. The molecule has 0 aromatic heterocycles. The highest BCUT2D eigenvalue weighted by atomic mass is 32.2. The fourth-order valence-corrected chi connectivity index (χ4v) is 2.15. The monoisotopic (exact) mass is 348 g/mol. The van der Waals surface area contributed by atoms with Crippen LogP contribution in [0.4, 0.5) is 0 Å². The third-order valence-electron chi connectivity index (χ3n) is 2.46. The van der Waals surface area contributed by atoms with Gasteiger partial charge in [-0.05, 0) is 41.6 Å². The summed E-state index contributed by atoms with van der Waals surface area (Å²) in [5.74, 6) is 1.07. The standard InChI is InChI=1S/C14H13NO5S.C2H3N/c1-18-12-7-9-14(10-8-12)21(16,17)20-15-11-19-13-5-3-2-4-6-13;1-2-3/h2-11H,1H3;1H3. The highest BCUT2D eigenvalue weighted by Gasteiger charge is 2.15. The van der Waals surface area contributed by atoms with E-state index < -0.39 is 10.1 Å². The van der Waals surface area contributed by atoms with Crippen molar-refractivity contribution >= 4 is 16.5 Å². The normalized spacial score (nSPS) is 10.2. The van der Waals surface area contributed by atoms with E-state index >= 15 is 0 Å². The van der Waals surface area contributed by atoms with Crippen LogP contribution in [0.5, 0.6) is 11.5 Å². The molecule has 0 saturated carbocycles. The van der Waals surface area contributed by atoms with Gasteiger partial charge in [-0.25, -0.2) is 0 Å². The second kappa shape index (κ2) is 9.86. The van der Waals surface area contributed by atoms with Gasteiger partial charge in [0.1, 0.15) is 16.4 Å². The van der Waals surface area contributed by atoms with Gasteiger partial charge >= 0.3 is 10.1 Å². The lowest BCUT2D eigenvalue weighted by Crippen LogP contribution is -2.03. The molecule has 2 aromatic carbocycles. The Kier molecular flexibility index (Phi) is 7.81. The van der Waals surface area contributed by atoms with Crippen molar-refractivity contribution in [2.75, 3.05) is 7.11 Å². The summed E-state index contributed by atoms with van der Waals surface area (Å²) in [6.07, 6.45) is 0.913. The molecule has 0 N–H and O–H groups in total. The first kappa shape index (κ1) is 19.0. The molecule has 0 aliphatic heterocycles. The number of oxime groups is 1. The number of hydrogen-bond acceptors (Lipinski definition) is 7. The summed E-state index contributed by atoms with van der Waals surface area (Å²) < 4.78 is 38.1. The van der Waals surface area contributed by atoms with E-state index in [9.17, 15) is 8.42 Å². The molecule has 0 unspecified atom stereocenters. The number of hydrogen-bond donors (Lipinski definition) is 0.